The van der Waals surface area contributed by atoms with Gasteiger partial charge in [0.25, 0.3) is 0 Å². The monoisotopic (exact) mass is 340 g/mol. The van der Waals surface area contributed by atoms with Gasteiger partial charge in [-0.15, -0.1) is 0 Å². The fraction of sp³-hybridized carbons (Fsp3) is 0.389. The van der Waals surface area contributed by atoms with Crippen molar-refractivity contribution in [2.24, 2.45) is 7.05 Å². The molecule has 3 heterocycles. The van der Waals surface area contributed by atoms with Gasteiger partial charge in [-0.25, -0.2) is 9.78 Å². The molecule has 130 valence electrons. The van der Waals surface area contributed by atoms with E-state index < -0.39 is 5.76 Å². The van der Waals surface area contributed by atoms with Crippen molar-refractivity contribution in [3.63, 3.8) is 0 Å². The number of aromatic nitrogens is 3. The van der Waals surface area contributed by atoms with E-state index in [1.165, 1.54) is 4.57 Å². The molecule has 0 bridgehead atoms. The van der Waals surface area contributed by atoms with Crippen LogP contribution in [0.2, 0.25) is 0 Å². The first-order valence-electron chi connectivity index (χ1n) is 8.39. The quantitative estimate of drug-likeness (QED) is 0.727. The van der Waals surface area contributed by atoms with Gasteiger partial charge in [0.1, 0.15) is 12.4 Å². The number of rotatable bonds is 3. The van der Waals surface area contributed by atoms with Gasteiger partial charge in [-0.2, -0.15) is 0 Å². The van der Waals surface area contributed by atoms with Crippen LogP contribution in [-0.2, 0) is 18.4 Å². The summed E-state index contributed by atoms with van der Waals surface area (Å²) in [6.45, 7) is 3.29. The average molecular weight is 340 g/mol. The topological polar surface area (TPSA) is 73.3 Å². The van der Waals surface area contributed by atoms with Gasteiger partial charge >= 0.3 is 5.76 Å². The van der Waals surface area contributed by atoms with Gasteiger partial charge in [0, 0.05) is 32.3 Å². The first-order chi connectivity index (χ1) is 12.0. The zero-order chi connectivity index (χ0) is 17.6. The van der Waals surface area contributed by atoms with Gasteiger partial charge in [-0.3, -0.25) is 9.36 Å². The van der Waals surface area contributed by atoms with Crippen LogP contribution in [0.1, 0.15) is 23.9 Å². The van der Waals surface area contributed by atoms with Crippen molar-refractivity contribution in [2.75, 3.05) is 13.1 Å². The number of carbonyl (C=O) groups is 1. The second-order valence-electron chi connectivity index (χ2n) is 6.60. The van der Waals surface area contributed by atoms with Crippen LogP contribution in [-0.4, -0.2) is 38.0 Å². The third-order valence-electron chi connectivity index (χ3n) is 4.81. The molecule has 1 amide bonds. The normalized spacial score (nSPS) is 17.5. The first-order valence-corrected chi connectivity index (χ1v) is 8.39. The minimum absolute atomic E-state index is 0.00214. The summed E-state index contributed by atoms with van der Waals surface area (Å²) in [5, 5.41) is 0. The molecule has 1 fully saturated rings. The third kappa shape index (κ3) is 2.75. The lowest BCUT2D eigenvalue weighted by atomic mass is 10.1. The number of nitrogens with zero attached hydrogens (tertiary/aromatic N) is 4. The number of likely N-dealkylation sites (tertiary alicyclic amines) is 1. The summed E-state index contributed by atoms with van der Waals surface area (Å²) >= 11 is 0. The third-order valence-corrected chi connectivity index (χ3v) is 4.81. The number of hydrogen-bond donors (Lipinski definition) is 0. The van der Waals surface area contributed by atoms with Crippen LogP contribution in [0.4, 0.5) is 0 Å². The zero-order valence-electron chi connectivity index (χ0n) is 14.3. The fourth-order valence-electron chi connectivity index (χ4n) is 3.61. The highest BCUT2D eigenvalue weighted by Crippen LogP contribution is 2.26. The Hall–Kier alpha value is -2.83. The van der Waals surface area contributed by atoms with E-state index in [2.05, 4.69) is 4.98 Å². The molecular formula is C18H20N4O3. The Morgan fingerprint density at radius 3 is 2.92 bits per heavy atom. The van der Waals surface area contributed by atoms with Crippen LogP contribution >= 0.6 is 0 Å². The van der Waals surface area contributed by atoms with Crippen molar-refractivity contribution >= 4 is 17.0 Å². The molecule has 7 heteroatoms. The maximum absolute atomic E-state index is 12.7. The number of fused-ring (bicyclic) bond motifs is 1. The van der Waals surface area contributed by atoms with Gasteiger partial charge in [0.05, 0.1) is 11.2 Å². The van der Waals surface area contributed by atoms with Crippen molar-refractivity contribution < 1.29 is 9.21 Å². The molecule has 2 aromatic heterocycles. The number of para-hydroxylation sites is 2. The molecule has 1 atom stereocenters. The Balaban J connectivity index is 1.51. The Labute approximate surface area is 144 Å². The zero-order valence-corrected chi connectivity index (χ0v) is 14.3. The van der Waals surface area contributed by atoms with Crippen LogP contribution < -0.4 is 5.76 Å². The number of hydrogen-bond acceptors (Lipinski definition) is 4. The number of imidazole rings is 1. The van der Waals surface area contributed by atoms with Crippen LogP contribution in [0, 0.1) is 6.92 Å². The van der Waals surface area contributed by atoms with E-state index in [1.54, 1.807) is 18.2 Å². The van der Waals surface area contributed by atoms with Crippen molar-refractivity contribution in [3.8, 4) is 0 Å². The van der Waals surface area contributed by atoms with E-state index in [1.807, 2.05) is 35.7 Å². The van der Waals surface area contributed by atoms with Gasteiger partial charge in [-0.05, 0) is 25.5 Å². The highest BCUT2D eigenvalue weighted by atomic mass is 16.4. The van der Waals surface area contributed by atoms with Gasteiger partial charge in [0.2, 0.25) is 5.91 Å². The molecule has 1 saturated heterocycles. The highest BCUT2D eigenvalue weighted by molar-refractivity contribution is 5.79. The standard InChI is InChI=1S/C18H20N4O3/c1-12-9-20(2)17(19-12)13-7-8-21(10-13)16(23)11-22-14-5-3-4-6-15(14)25-18(22)24/h3-6,9,13H,7-8,10-11H2,1-2H3/t13-/m0/s1. The molecule has 0 spiro atoms. The van der Waals surface area contributed by atoms with E-state index in [9.17, 15) is 9.59 Å². The van der Waals surface area contributed by atoms with Crippen molar-refractivity contribution in [3.05, 3.63) is 52.5 Å². The maximum atomic E-state index is 12.7. The largest absolute Gasteiger partial charge is 0.420 e. The van der Waals surface area contributed by atoms with Crippen LogP contribution in [0.25, 0.3) is 11.1 Å². The maximum Gasteiger partial charge on any atom is 0.420 e. The number of carbonyl (C=O) groups excluding carboxylic acids is 1. The predicted octanol–water partition coefficient (Wildman–Crippen LogP) is 1.65. The summed E-state index contributed by atoms with van der Waals surface area (Å²) in [7, 11) is 1.98. The van der Waals surface area contributed by atoms with Gasteiger partial charge in [-0.1, -0.05) is 12.1 Å². The molecule has 0 N–H and O–H groups in total. The number of oxazole rings is 1. The smallest absolute Gasteiger partial charge is 0.408 e. The molecule has 7 nitrogen and oxygen atoms in total. The van der Waals surface area contributed by atoms with Crippen molar-refractivity contribution in [1.82, 2.24) is 19.0 Å². The average Bonchev–Trinajstić information content (AvgIpc) is 3.26. The molecule has 0 radical (unpaired) electrons. The van der Waals surface area contributed by atoms with Crippen LogP contribution in [0.3, 0.4) is 0 Å². The number of benzene rings is 1. The number of amides is 1. The molecule has 1 aliphatic rings. The summed E-state index contributed by atoms with van der Waals surface area (Å²) < 4.78 is 8.62. The van der Waals surface area contributed by atoms with Crippen molar-refractivity contribution in [1.29, 1.82) is 0 Å². The first kappa shape index (κ1) is 15.7. The lowest BCUT2D eigenvalue weighted by Gasteiger charge is -2.16. The minimum Gasteiger partial charge on any atom is -0.408 e. The SMILES string of the molecule is Cc1cn(C)c([C@H]2CCN(C(=O)Cn3c(=O)oc4ccccc43)C2)n1. The minimum atomic E-state index is -0.495. The van der Waals surface area contributed by atoms with E-state index >= 15 is 0 Å². The molecule has 1 aromatic carbocycles. The van der Waals surface area contributed by atoms with E-state index in [-0.39, 0.29) is 18.4 Å². The fourth-order valence-corrected chi connectivity index (χ4v) is 3.61. The van der Waals surface area contributed by atoms with E-state index in [0.717, 1.165) is 17.9 Å². The molecule has 25 heavy (non-hydrogen) atoms. The Kier molecular flexibility index (Phi) is 3.71. The summed E-state index contributed by atoms with van der Waals surface area (Å²) in [6.07, 6.45) is 2.88. The molecule has 3 aromatic rings. The van der Waals surface area contributed by atoms with Crippen LogP contribution in [0.5, 0.6) is 0 Å². The Morgan fingerprint density at radius 1 is 1.36 bits per heavy atom. The molecule has 0 saturated carbocycles. The predicted molar refractivity (Wildman–Crippen MR) is 92.4 cm³/mol. The lowest BCUT2D eigenvalue weighted by molar-refractivity contribution is -0.130. The second-order valence-corrected chi connectivity index (χ2v) is 6.60. The summed E-state index contributed by atoms with van der Waals surface area (Å²) in [6, 6.07) is 7.15. The second kappa shape index (κ2) is 5.91. The van der Waals surface area contributed by atoms with Crippen molar-refractivity contribution in [2.45, 2.75) is 25.8 Å². The summed E-state index contributed by atoms with van der Waals surface area (Å²) in [5.74, 6) is 0.686. The molecule has 4 rings (SSSR count). The van der Waals surface area contributed by atoms with Gasteiger partial charge in [0.15, 0.2) is 5.58 Å². The molecule has 1 aliphatic heterocycles. The van der Waals surface area contributed by atoms with Gasteiger partial charge < -0.3 is 13.9 Å². The number of aryl methyl sites for hydroxylation is 2. The summed E-state index contributed by atoms with van der Waals surface area (Å²) in [5.41, 5.74) is 2.14. The Morgan fingerprint density at radius 2 is 2.16 bits per heavy atom. The molecule has 0 unspecified atom stereocenters. The van der Waals surface area contributed by atoms with Crippen LogP contribution in [0.15, 0.2) is 39.7 Å². The highest BCUT2D eigenvalue weighted by Gasteiger charge is 2.30. The summed E-state index contributed by atoms with van der Waals surface area (Å²) in [4.78, 5) is 31.1. The lowest BCUT2D eigenvalue weighted by Crippen LogP contribution is -2.34. The Bertz CT molecular complexity index is 997. The van der Waals surface area contributed by atoms with E-state index in [0.29, 0.717) is 24.2 Å². The molecule has 0 aliphatic carbocycles. The molecular weight excluding hydrogens is 320 g/mol. The van der Waals surface area contributed by atoms with E-state index in [4.69, 9.17) is 4.42 Å².